The lowest BCUT2D eigenvalue weighted by atomic mass is 9.61. The van der Waals surface area contributed by atoms with Crippen molar-refractivity contribution in [2.24, 2.45) is 5.92 Å². The molecule has 4 heteroatoms. The standard InChI is InChI=1S/C23H29NO3/c1-24-15-12-21(13-16-24)23(14-17-27-18-22(25)26,19-8-4-2-5-9-19)20-10-6-3-7-11-20/h2-11,21H,12-18H2,1H3,(H,25,26). The minimum absolute atomic E-state index is 0.164. The van der Waals surface area contributed by atoms with E-state index in [4.69, 9.17) is 9.84 Å². The maximum Gasteiger partial charge on any atom is 0.329 e. The third kappa shape index (κ3) is 4.57. The average molecular weight is 367 g/mol. The molecule has 0 aliphatic carbocycles. The number of rotatable bonds is 8. The molecular formula is C23H29NO3. The molecule has 0 radical (unpaired) electrons. The van der Waals surface area contributed by atoms with Gasteiger partial charge in [-0.15, -0.1) is 0 Å². The monoisotopic (exact) mass is 367 g/mol. The van der Waals surface area contributed by atoms with Gasteiger partial charge in [-0.3, -0.25) is 0 Å². The van der Waals surface area contributed by atoms with Crippen LogP contribution in [0.1, 0.15) is 30.4 Å². The molecule has 0 saturated carbocycles. The molecule has 144 valence electrons. The van der Waals surface area contributed by atoms with Crippen LogP contribution in [0.4, 0.5) is 0 Å². The second kappa shape index (κ2) is 9.16. The van der Waals surface area contributed by atoms with E-state index in [9.17, 15) is 4.79 Å². The van der Waals surface area contributed by atoms with E-state index in [1.54, 1.807) is 0 Å². The molecule has 27 heavy (non-hydrogen) atoms. The van der Waals surface area contributed by atoms with E-state index in [0.29, 0.717) is 12.5 Å². The predicted molar refractivity (Wildman–Crippen MR) is 107 cm³/mol. The summed E-state index contributed by atoms with van der Waals surface area (Å²) in [6.45, 7) is 2.36. The Labute approximate surface area is 161 Å². The number of piperidine rings is 1. The number of aliphatic carboxylic acids is 1. The summed E-state index contributed by atoms with van der Waals surface area (Å²) in [5, 5.41) is 8.92. The van der Waals surface area contributed by atoms with Crippen molar-refractivity contribution in [3.63, 3.8) is 0 Å². The highest BCUT2D eigenvalue weighted by Gasteiger charge is 2.42. The molecule has 1 fully saturated rings. The summed E-state index contributed by atoms with van der Waals surface area (Å²) in [6.07, 6.45) is 3.03. The van der Waals surface area contributed by atoms with Crippen molar-refractivity contribution in [1.82, 2.24) is 4.90 Å². The fourth-order valence-electron chi connectivity index (χ4n) is 4.50. The SMILES string of the molecule is CN1CCC(C(CCOCC(=O)O)(c2ccccc2)c2ccccc2)CC1. The van der Waals surface area contributed by atoms with Crippen LogP contribution < -0.4 is 0 Å². The van der Waals surface area contributed by atoms with Crippen LogP contribution in [-0.2, 0) is 14.9 Å². The Morgan fingerprint density at radius 1 is 1.04 bits per heavy atom. The molecule has 1 aliphatic rings. The van der Waals surface area contributed by atoms with Crippen molar-refractivity contribution in [2.45, 2.75) is 24.7 Å². The van der Waals surface area contributed by atoms with Crippen molar-refractivity contribution in [2.75, 3.05) is 33.4 Å². The van der Waals surface area contributed by atoms with Crippen LogP contribution in [0, 0.1) is 5.92 Å². The Hall–Kier alpha value is -2.17. The third-order valence-corrected chi connectivity index (χ3v) is 5.86. The molecule has 0 spiro atoms. The summed E-state index contributed by atoms with van der Waals surface area (Å²) in [5.41, 5.74) is 2.43. The maximum absolute atomic E-state index is 10.9. The van der Waals surface area contributed by atoms with Crippen LogP contribution in [-0.4, -0.2) is 49.3 Å². The van der Waals surface area contributed by atoms with E-state index in [1.165, 1.54) is 11.1 Å². The molecule has 1 aliphatic heterocycles. The summed E-state index contributed by atoms with van der Waals surface area (Å²) in [4.78, 5) is 13.3. The highest BCUT2D eigenvalue weighted by molar-refractivity contribution is 5.68. The van der Waals surface area contributed by atoms with E-state index in [0.717, 1.165) is 32.4 Å². The Balaban J connectivity index is 1.99. The molecule has 0 unspecified atom stereocenters. The number of benzene rings is 2. The Morgan fingerprint density at radius 3 is 2.04 bits per heavy atom. The molecule has 2 aromatic rings. The number of carboxylic acids is 1. The van der Waals surface area contributed by atoms with E-state index in [2.05, 4.69) is 72.6 Å². The van der Waals surface area contributed by atoms with Crippen LogP contribution in [0.2, 0.25) is 0 Å². The van der Waals surface area contributed by atoms with E-state index < -0.39 is 5.97 Å². The molecule has 0 bridgehead atoms. The van der Waals surface area contributed by atoms with Gasteiger partial charge in [-0.2, -0.15) is 0 Å². The summed E-state index contributed by atoms with van der Waals surface area (Å²) in [7, 11) is 2.18. The molecule has 1 N–H and O–H groups in total. The lowest BCUT2D eigenvalue weighted by Crippen LogP contribution is -2.44. The number of hydrogen-bond acceptors (Lipinski definition) is 3. The van der Waals surface area contributed by atoms with Gasteiger partial charge in [-0.25, -0.2) is 4.79 Å². The van der Waals surface area contributed by atoms with Gasteiger partial charge in [0.25, 0.3) is 0 Å². The van der Waals surface area contributed by atoms with Crippen LogP contribution in [0.15, 0.2) is 60.7 Å². The van der Waals surface area contributed by atoms with Crippen molar-refractivity contribution in [3.05, 3.63) is 71.8 Å². The van der Waals surface area contributed by atoms with Crippen molar-refractivity contribution in [3.8, 4) is 0 Å². The summed E-state index contributed by atoms with van der Waals surface area (Å²) in [6, 6.07) is 21.3. The average Bonchev–Trinajstić information content (AvgIpc) is 2.70. The smallest absolute Gasteiger partial charge is 0.329 e. The second-order valence-electron chi connectivity index (χ2n) is 7.48. The highest BCUT2D eigenvalue weighted by Crippen LogP contribution is 2.46. The number of likely N-dealkylation sites (tertiary alicyclic amines) is 1. The van der Waals surface area contributed by atoms with Crippen LogP contribution in [0.5, 0.6) is 0 Å². The zero-order chi connectivity index (χ0) is 19.1. The normalized spacial score (nSPS) is 16.3. The molecular weight excluding hydrogens is 338 g/mol. The number of carbonyl (C=O) groups is 1. The van der Waals surface area contributed by atoms with Crippen LogP contribution in [0.25, 0.3) is 0 Å². The van der Waals surface area contributed by atoms with Crippen molar-refractivity contribution < 1.29 is 14.6 Å². The number of hydrogen-bond donors (Lipinski definition) is 1. The fraction of sp³-hybridized carbons (Fsp3) is 0.435. The van der Waals surface area contributed by atoms with Gasteiger partial charge in [-0.1, -0.05) is 60.7 Å². The largest absolute Gasteiger partial charge is 0.480 e. The highest BCUT2D eigenvalue weighted by atomic mass is 16.5. The summed E-state index contributed by atoms with van der Waals surface area (Å²) in [5.74, 6) is -0.425. The molecule has 3 rings (SSSR count). The number of ether oxygens (including phenoxy) is 1. The Bertz CT molecular complexity index is 669. The fourth-order valence-corrected chi connectivity index (χ4v) is 4.50. The van der Waals surface area contributed by atoms with Gasteiger partial charge in [0, 0.05) is 12.0 Å². The molecule has 1 saturated heterocycles. The van der Waals surface area contributed by atoms with Gasteiger partial charge in [0.15, 0.2) is 0 Å². The minimum Gasteiger partial charge on any atom is -0.480 e. The van der Waals surface area contributed by atoms with E-state index in [-0.39, 0.29) is 12.0 Å². The first kappa shape index (κ1) is 19.6. The first-order valence-electron chi connectivity index (χ1n) is 9.72. The topological polar surface area (TPSA) is 49.8 Å². The van der Waals surface area contributed by atoms with Crippen molar-refractivity contribution >= 4 is 5.97 Å². The first-order chi connectivity index (χ1) is 13.1. The van der Waals surface area contributed by atoms with Gasteiger partial charge >= 0.3 is 5.97 Å². The van der Waals surface area contributed by atoms with E-state index >= 15 is 0 Å². The van der Waals surface area contributed by atoms with Gasteiger partial charge in [0.05, 0.1) is 0 Å². The van der Waals surface area contributed by atoms with E-state index in [1.807, 2.05) is 0 Å². The Kier molecular flexibility index (Phi) is 6.64. The number of nitrogens with zero attached hydrogens (tertiary/aromatic N) is 1. The zero-order valence-corrected chi connectivity index (χ0v) is 16.0. The van der Waals surface area contributed by atoms with Crippen LogP contribution in [0.3, 0.4) is 0 Å². The number of carboxylic acid groups (broad SMARTS) is 1. The summed E-state index contributed by atoms with van der Waals surface area (Å²) < 4.78 is 5.50. The van der Waals surface area contributed by atoms with Crippen LogP contribution >= 0.6 is 0 Å². The quantitative estimate of drug-likeness (QED) is 0.721. The Morgan fingerprint density at radius 2 is 1.56 bits per heavy atom. The molecule has 1 heterocycles. The lowest BCUT2D eigenvalue weighted by Gasteiger charge is -2.45. The molecule has 0 atom stereocenters. The predicted octanol–water partition coefficient (Wildman–Crippen LogP) is 3.81. The molecule has 0 amide bonds. The zero-order valence-electron chi connectivity index (χ0n) is 16.0. The molecule has 4 nitrogen and oxygen atoms in total. The second-order valence-corrected chi connectivity index (χ2v) is 7.48. The lowest BCUT2D eigenvalue weighted by molar-refractivity contribution is -0.142. The minimum atomic E-state index is -0.917. The van der Waals surface area contributed by atoms with Gasteiger partial charge in [0.1, 0.15) is 6.61 Å². The first-order valence-corrected chi connectivity index (χ1v) is 9.72. The van der Waals surface area contributed by atoms with Gasteiger partial charge in [-0.05, 0) is 56.4 Å². The van der Waals surface area contributed by atoms with Gasteiger partial charge in [0.2, 0.25) is 0 Å². The maximum atomic E-state index is 10.9. The third-order valence-electron chi connectivity index (χ3n) is 5.86. The summed E-state index contributed by atoms with van der Waals surface area (Å²) >= 11 is 0. The molecule has 0 aromatic heterocycles. The van der Waals surface area contributed by atoms with Gasteiger partial charge < -0.3 is 14.7 Å². The van der Waals surface area contributed by atoms with Crippen molar-refractivity contribution in [1.29, 1.82) is 0 Å². The molecule has 2 aromatic carbocycles.